The van der Waals surface area contributed by atoms with Crippen molar-refractivity contribution in [3.05, 3.63) is 35.4 Å². The van der Waals surface area contributed by atoms with Gasteiger partial charge in [0.15, 0.2) is 0 Å². The Balaban J connectivity index is 1.77. The Morgan fingerprint density at radius 1 is 0.950 bits per heavy atom. The third-order valence-electron chi connectivity index (χ3n) is 5.36. The van der Waals surface area contributed by atoms with Gasteiger partial charge >= 0.3 is 0 Å². The molecule has 0 saturated carbocycles. The lowest BCUT2D eigenvalue weighted by Gasteiger charge is -2.41. The maximum absolute atomic E-state index is 6.18. The minimum atomic E-state index is 0.430. The zero-order chi connectivity index (χ0) is 14.3. The molecule has 2 aliphatic heterocycles. The highest BCUT2D eigenvalue weighted by atomic mass is 15.2. The number of fused-ring (bicyclic) bond motifs is 2. The van der Waals surface area contributed by atoms with Crippen LogP contribution in [-0.2, 0) is 0 Å². The number of nitrogens with zero attached hydrogens (tertiary/aromatic N) is 1. The lowest BCUT2D eigenvalue weighted by molar-refractivity contribution is 0.0854. The molecule has 2 saturated heterocycles. The van der Waals surface area contributed by atoms with Crippen molar-refractivity contribution in [3.8, 4) is 0 Å². The Morgan fingerprint density at radius 3 is 1.95 bits per heavy atom. The molecule has 2 heteroatoms. The molecule has 1 aromatic carbocycles. The van der Waals surface area contributed by atoms with Crippen molar-refractivity contribution in [2.45, 2.75) is 76.5 Å². The first-order valence-electron chi connectivity index (χ1n) is 8.19. The summed E-state index contributed by atoms with van der Waals surface area (Å²) in [5.41, 5.74) is 9.08. The van der Waals surface area contributed by atoms with E-state index in [1.165, 1.54) is 36.8 Å². The highest BCUT2D eigenvalue weighted by Crippen LogP contribution is 2.41. The molecule has 2 aliphatic rings. The van der Waals surface area contributed by atoms with Crippen LogP contribution in [0.25, 0.3) is 0 Å². The van der Waals surface area contributed by atoms with Crippen LogP contribution in [0.3, 0.4) is 0 Å². The van der Waals surface area contributed by atoms with Crippen LogP contribution in [0.5, 0.6) is 0 Å². The molecule has 0 radical (unpaired) electrons. The molecule has 20 heavy (non-hydrogen) atoms. The Morgan fingerprint density at radius 2 is 1.45 bits per heavy atom. The van der Waals surface area contributed by atoms with Crippen molar-refractivity contribution in [2.24, 2.45) is 5.73 Å². The number of hydrogen-bond acceptors (Lipinski definition) is 2. The maximum atomic E-state index is 6.18. The molecule has 0 aromatic heterocycles. The van der Waals surface area contributed by atoms with Crippen LogP contribution in [0.15, 0.2) is 24.3 Å². The van der Waals surface area contributed by atoms with Crippen LogP contribution in [0.4, 0.5) is 0 Å². The van der Waals surface area contributed by atoms with Gasteiger partial charge < -0.3 is 5.73 Å². The fourth-order valence-electron chi connectivity index (χ4n) is 4.22. The van der Waals surface area contributed by atoms with Gasteiger partial charge in [-0.05, 0) is 49.7 Å². The summed E-state index contributed by atoms with van der Waals surface area (Å²) in [6.45, 7) is 6.88. The molecule has 3 atom stereocenters. The second kappa shape index (κ2) is 5.50. The van der Waals surface area contributed by atoms with E-state index in [0.717, 1.165) is 0 Å². The third-order valence-corrected chi connectivity index (χ3v) is 5.36. The average molecular weight is 272 g/mol. The lowest BCUT2D eigenvalue weighted by Crippen LogP contribution is -2.48. The number of benzene rings is 1. The van der Waals surface area contributed by atoms with E-state index in [2.05, 4.69) is 49.9 Å². The molecule has 0 aliphatic carbocycles. The van der Waals surface area contributed by atoms with Crippen molar-refractivity contribution in [1.82, 2.24) is 4.90 Å². The number of piperidine rings is 1. The molecule has 2 heterocycles. The van der Waals surface area contributed by atoms with E-state index in [-0.39, 0.29) is 0 Å². The van der Waals surface area contributed by atoms with Crippen LogP contribution in [0.1, 0.15) is 69.5 Å². The predicted molar refractivity (Wildman–Crippen MR) is 84.8 cm³/mol. The van der Waals surface area contributed by atoms with Gasteiger partial charge in [-0.1, -0.05) is 38.1 Å². The monoisotopic (exact) mass is 272 g/mol. The molecule has 1 aromatic rings. The first-order chi connectivity index (χ1) is 9.56. The van der Waals surface area contributed by atoms with Crippen molar-refractivity contribution in [1.29, 1.82) is 0 Å². The van der Waals surface area contributed by atoms with Gasteiger partial charge in [-0.25, -0.2) is 0 Å². The summed E-state index contributed by atoms with van der Waals surface area (Å²) in [7, 11) is 0. The third kappa shape index (κ3) is 2.51. The smallest absolute Gasteiger partial charge is 0.0325 e. The summed E-state index contributed by atoms with van der Waals surface area (Å²) in [5.74, 6) is 0.614. The highest BCUT2D eigenvalue weighted by molar-refractivity contribution is 5.27. The van der Waals surface area contributed by atoms with Crippen LogP contribution < -0.4 is 5.73 Å². The molecule has 3 unspecified atom stereocenters. The Bertz CT molecular complexity index is 437. The van der Waals surface area contributed by atoms with E-state index in [9.17, 15) is 0 Å². The number of rotatable bonds is 3. The average Bonchev–Trinajstić information content (AvgIpc) is 2.70. The first kappa shape index (κ1) is 14.1. The van der Waals surface area contributed by atoms with Gasteiger partial charge in [-0.3, -0.25) is 4.90 Å². The normalized spacial score (nSPS) is 31.8. The molecule has 2 nitrogen and oxygen atoms in total. The van der Waals surface area contributed by atoms with Gasteiger partial charge in [0, 0.05) is 24.2 Å². The summed E-state index contributed by atoms with van der Waals surface area (Å²) in [6.07, 6.45) is 5.05. The summed E-state index contributed by atoms with van der Waals surface area (Å²) in [5, 5.41) is 0. The fraction of sp³-hybridized carbons (Fsp3) is 0.667. The molecule has 2 N–H and O–H groups in total. The van der Waals surface area contributed by atoms with E-state index in [1.54, 1.807) is 0 Å². The summed E-state index contributed by atoms with van der Waals surface area (Å²) in [4.78, 5) is 2.74. The molecule has 3 rings (SSSR count). The molecule has 110 valence electrons. The van der Waals surface area contributed by atoms with Gasteiger partial charge in [0.1, 0.15) is 0 Å². The lowest BCUT2D eigenvalue weighted by atomic mass is 9.93. The number of nitrogens with two attached hydrogens (primary N) is 1. The molecule has 0 spiro atoms. The summed E-state index contributed by atoms with van der Waals surface area (Å²) < 4.78 is 0. The largest absolute Gasteiger partial charge is 0.328 e. The van der Waals surface area contributed by atoms with Crippen molar-refractivity contribution < 1.29 is 0 Å². The minimum absolute atomic E-state index is 0.430. The van der Waals surface area contributed by atoms with Gasteiger partial charge in [0.05, 0.1) is 0 Å². The van der Waals surface area contributed by atoms with Crippen molar-refractivity contribution in [2.75, 3.05) is 0 Å². The molecular weight excluding hydrogens is 244 g/mol. The molecule has 2 fully saturated rings. The maximum Gasteiger partial charge on any atom is 0.0325 e. The van der Waals surface area contributed by atoms with Gasteiger partial charge in [0.2, 0.25) is 0 Å². The van der Waals surface area contributed by atoms with E-state index >= 15 is 0 Å². The van der Waals surface area contributed by atoms with Crippen molar-refractivity contribution >= 4 is 0 Å². The summed E-state index contributed by atoms with van der Waals surface area (Å²) in [6, 6.07) is 11.6. The van der Waals surface area contributed by atoms with Crippen LogP contribution in [-0.4, -0.2) is 23.0 Å². The highest BCUT2D eigenvalue weighted by Gasteiger charge is 2.41. The van der Waals surface area contributed by atoms with Crippen LogP contribution in [0, 0.1) is 0 Å². The second-order valence-electron chi connectivity index (χ2n) is 7.06. The minimum Gasteiger partial charge on any atom is -0.328 e. The quantitative estimate of drug-likeness (QED) is 0.906. The fourth-order valence-corrected chi connectivity index (χ4v) is 4.22. The standard InChI is InChI=1S/C18H28N2/c1-12(2)14-4-6-15(7-5-14)13(3)20-17-8-9-18(20)11-16(19)10-17/h4-7,12-13,16-18H,8-11,19H2,1-3H3. The second-order valence-corrected chi connectivity index (χ2v) is 7.06. The number of hydrogen-bond donors (Lipinski definition) is 1. The first-order valence-corrected chi connectivity index (χ1v) is 8.19. The van der Waals surface area contributed by atoms with Crippen molar-refractivity contribution in [3.63, 3.8) is 0 Å². The van der Waals surface area contributed by atoms with Gasteiger partial charge in [-0.2, -0.15) is 0 Å². The SMILES string of the molecule is CC(C)c1ccc(C(C)N2C3CCC2CC(N)C3)cc1. The van der Waals surface area contributed by atoms with E-state index in [0.29, 0.717) is 30.1 Å². The van der Waals surface area contributed by atoms with E-state index < -0.39 is 0 Å². The van der Waals surface area contributed by atoms with E-state index in [4.69, 9.17) is 5.73 Å². The van der Waals surface area contributed by atoms with Crippen LogP contribution >= 0.6 is 0 Å². The topological polar surface area (TPSA) is 29.3 Å². The zero-order valence-corrected chi connectivity index (χ0v) is 13.0. The Hall–Kier alpha value is -0.860. The van der Waals surface area contributed by atoms with Crippen LogP contribution in [0.2, 0.25) is 0 Å². The Labute approximate surface area is 123 Å². The molecule has 2 bridgehead atoms. The molecular formula is C18H28N2. The zero-order valence-electron chi connectivity index (χ0n) is 13.0. The van der Waals surface area contributed by atoms with Gasteiger partial charge in [0.25, 0.3) is 0 Å². The Kier molecular flexibility index (Phi) is 3.87. The van der Waals surface area contributed by atoms with E-state index in [1.807, 2.05) is 0 Å². The summed E-state index contributed by atoms with van der Waals surface area (Å²) >= 11 is 0. The molecule has 0 amide bonds. The van der Waals surface area contributed by atoms with Gasteiger partial charge in [-0.15, -0.1) is 0 Å². The predicted octanol–water partition coefficient (Wildman–Crippen LogP) is 3.83.